The SMILES string of the molecule is O=C(O)C(O)C(O)c1c(F)cccc1I. The Balaban J connectivity index is 3.10. The Morgan fingerprint density at radius 2 is 2.00 bits per heavy atom. The van der Waals surface area contributed by atoms with Crippen LogP contribution in [-0.2, 0) is 4.79 Å². The smallest absolute Gasteiger partial charge is 0.335 e. The van der Waals surface area contributed by atoms with Gasteiger partial charge in [0.15, 0.2) is 6.10 Å². The van der Waals surface area contributed by atoms with E-state index in [1.807, 2.05) is 0 Å². The second-order valence-electron chi connectivity index (χ2n) is 2.86. The van der Waals surface area contributed by atoms with Crippen LogP contribution < -0.4 is 0 Å². The summed E-state index contributed by atoms with van der Waals surface area (Å²) < 4.78 is 13.6. The molecule has 15 heavy (non-hydrogen) atoms. The number of rotatable bonds is 3. The first-order chi connectivity index (χ1) is 6.95. The minimum Gasteiger partial charge on any atom is -0.479 e. The van der Waals surface area contributed by atoms with Gasteiger partial charge in [-0.25, -0.2) is 9.18 Å². The zero-order valence-corrected chi connectivity index (χ0v) is 9.55. The first-order valence-corrected chi connectivity index (χ1v) is 5.06. The highest BCUT2D eigenvalue weighted by atomic mass is 127. The number of aliphatic carboxylic acids is 1. The maximum Gasteiger partial charge on any atom is 0.335 e. The predicted molar refractivity (Wildman–Crippen MR) is 57.7 cm³/mol. The van der Waals surface area contributed by atoms with E-state index in [1.54, 1.807) is 22.6 Å². The summed E-state index contributed by atoms with van der Waals surface area (Å²) in [7, 11) is 0. The molecule has 0 spiro atoms. The van der Waals surface area contributed by atoms with E-state index in [2.05, 4.69) is 0 Å². The molecule has 0 saturated carbocycles. The van der Waals surface area contributed by atoms with Gasteiger partial charge in [-0.3, -0.25) is 0 Å². The molecule has 0 saturated heterocycles. The maximum atomic E-state index is 13.3. The maximum absolute atomic E-state index is 13.3. The van der Waals surface area contributed by atoms with Gasteiger partial charge >= 0.3 is 5.97 Å². The van der Waals surface area contributed by atoms with Crippen molar-refractivity contribution in [1.29, 1.82) is 0 Å². The average Bonchev–Trinajstić information content (AvgIpc) is 2.15. The summed E-state index contributed by atoms with van der Waals surface area (Å²) >= 11 is 1.75. The van der Waals surface area contributed by atoms with Gasteiger partial charge in [-0.1, -0.05) is 6.07 Å². The van der Waals surface area contributed by atoms with Crippen LogP contribution in [0.3, 0.4) is 0 Å². The molecule has 0 aliphatic carbocycles. The van der Waals surface area contributed by atoms with Gasteiger partial charge in [-0.05, 0) is 34.7 Å². The number of aliphatic hydroxyl groups is 2. The van der Waals surface area contributed by atoms with E-state index < -0.39 is 24.0 Å². The van der Waals surface area contributed by atoms with Gasteiger partial charge in [-0.15, -0.1) is 0 Å². The van der Waals surface area contributed by atoms with Crippen molar-refractivity contribution < 1.29 is 24.5 Å². The van der Waals surface area contributed by atoms with Crippen molar-refractivity contribution in [3.63, 3.8) is 0 Å². The van der Waals surface area contributed by atoms with E-state index >= 15 is 0 Å². The van der Waals surface area contributed by atoms with E-state index in [0.717, 1.165) is 6.07 Å². The molecule has 2 unspecified atom stereocenters. The van der Waals surface area contributed by atoms with Gasteiger partial charge in [0.1, 0.15) is 11.9 Å². The molecule has 0 amide bonds. The quantitative estimate of drug-likeness (QED) is 0.722. The molecule has 0 aromatic heterocycles. The van der Waals surface area contributed by atoms with Crippen LogP contribution in [-0.4, -0.2) is 27.4 Å². The Morgan fingerprint density at radius 3 is 2.47 bits per heavy atom. The summed E-state index contributed by atoms with van der Waals surface area (Å²) in [6, 6.07) is 4.03. The Hall–Kier alpha value is -0.730. The Labute approximate surface area is 98.5 Å². The molecular formula is C9H8FIO4. The third kappa shape index (κ3) is 2.64. The highest BCUT2D eigenvalue weighted by Gasteiger charge is 2.28. The first-order valence-electron chi connectivity index (χ1n) is 3.98. The molecule has 3 N–H and O–H groups in total. The van der Waals surface area contributed by atoms with Crippen molar-refractivity contribution in [3.05, 3.63) is 33.1 Å². The van der Waals surface area contributed by atoms with E-state index in [4.69, 9.17) is 10.2 Å². The molecule has 1 aromatic rings. The molecule has 0 aliphatic heterocycles. The Morgan fingerprint density at radius 1 is 1.40 bits per heavy atom. The number of carbonyl (C=O) groups is 1. The molecule has 0 radical (unpaired) electrons. The van der Waals surface area contributed by atoms with Crippen molar-refractivity contribution >= 4 is 28.6 Å². The molecular weight excluding hydrogens is 318 g/mol. The summed E-state index contributed by atoms with van der Waals surface area (Å²) in [5.41, 5.74) is -0.201. The average molecular weight is 326 g/mol. The van der Waals surface area contributed by atoms with Gasteiger partial charge in [0, 0.05) is 9.13 Å². The molecule has 0 aliphatic rings. The molecule has 2 atom stereocenters. The van der Waals surface area contributed by atoms with Crippen molar-refractivity contribution in [2.24, 2.45) is 0 Å². The van der Waals surface area contributed by atoms with Gasteiger partial charge in [0.25, 0.3) is 0 Å². The lowest BCUT2D eigenvalue weighted by Crippen LogP contribution is -2.28. The lowest BCUT2D eigenvalue weighted by atomic mass is 10.0. The molecule has 1 aromatic carbocycles. The van der Waals surface area contributed by atoms with Crippen molar-refractivity contribution in [3.8, 4) is 0 Å². The largest absolute Gasteiger partial charge is 0.479 e. The van der Waals surface area contributed by atoms with E-state index in [1.165, 1.54) is 12.1 Å². The number of halogens is 2. The van der Waals surface area contributed by atoms with Gasteiger partial charge in [-0.2, -0.15) is 0 Å². The third-order valence-electron chi connectivity index (χ3n) is 1.85. The molecule has 6 heteroatoms. The summed E-state index contributed by atoms with van der Waals surface area (Å²) in [4.78, 5) is 10.4. The molecule has 1 rings (SSSR count). The van der Waals surface area contributed by atoms with Gasteiger partial charge < -0.3 is 15.3 Å². The molecule has 0 heterocycles. The van der Waals surface area contributed by atoms with Crippen LogP contribution in [0.1, 0.15) is 11.7 Å². The molecule has 82 valence electrons. The molecule has 0 fully saturated rings. The number of benzene rings is 1. The number of hydrogen-bond acceptors (Lipinski definition) is 3. The first kappa shape index (κ1) is 12.3. The molecule has 4 nitrogen and oxygen atoms in total. The molecule has 0 bridgehead atoms. The predicted octanol–water partition coefficient (Wildman–Crippen LogP) is 0.909. The minimum atomic E-state index is -2.03. The van der Waals surface area contributed by atoms with Crippen molar-refractivity contribution in [2.45, 2.75) is 12.2 Å². The van der Waals surface area contributed by atoms with Gasteiger partial charge in [0.05, 0.1) is 0 Å². The zero-order chi connectivity index (χ0) is 11.6. The fourth-order valence-corrected chi connectivity index (χ4v) is 1.87. The lowest BCUT2D eigenvalue weighted by Gasteiger charge is -2.16. The fourth-order valence-electron chi connectivity index (χ4n) is 1.09. The Kier molecular flexibility index (Phi) is 4.00. The second-order valence-corrected chi connectivity index (χ2v) is 4.03. The minimum absolute atomic E-state index is 0.201. The normalized spacial score (nSPS) is 14.7. The van der Waals surface area contributed by atoms with Crippen molar-refractivity contribution in [2.75, 3.05) is 0 Å². The highest BCUT2D eigenvalue weighted by Crippen LogP contribution is 2.25. The zero-order valence-electron chi connectivity index (χ0n) is 7.39. The summed E-state index contributed by atoms with van der Waals surface area (Å²) in [6.45, 7) is 0. The lowest BCUT2D eigenvalue weighted by molar-refractivity contribution is -0.153. The summed E-state index contributed by atoms with van der Waals surface area (Å²) in [5, 5.41) is 27.0. The fraction of sp³-hybridized carbons (Fsp3) is 0.222. The summed E-state index contributed by atoms with van der Waals surface area (Å²) in [6.07, 6.45) is -3.80. The van der Waals surface area contributed by atoms with Crippen LogP contribution in [0, 0.1) is 9.39 Å². The number of carboxylic acids is 1. The number of aliphatic hydroxyl groups excluding tert-OH is 2. The van der Waals surface area contributed by atoms with Crippen molar-refractivity contribution in [1.82, 2.24) is 0 Å². The second kappa shape index (κ2) is 4.86. The van der Waals surface area contributed by atoms with E-state index in [0.29, 0.717) is 3.57 Å². The van der Waals surface area contributed by atoms with Crippen LogP contribution in [0.2, 0.25) is 0 Å². The van der Waals surface area contributed by atoms with Crippen LogP contribution >= 0.6 is 22.6 Å². The Bertz CT molecular complexity index is 362. The summed E-state index contributed by atoms with van der Waals surface area (Å²) in [5.74, 6) is -2.34. The standard InChI is InChI=1S/C9H8FIO4/c10-4-2-1-3-5(11)6(4)7(12)8(13)9(14)15/h1-3,7-8,12-13H,(H,14,15). The topological polar surface area (TPSA) is 77.8 Å². The monoisotopic (exact) mass is 326 g/mol. The number of carboxylic acid groups (broad SMARTS) is 1. The van der Waals surface area contributed by atoms with E-state index in [9.17, 15) is 14.3 Å². The van der Waals surface area contributed by atoms with Crippen LogP contribution in [0.15, 0.2) is 18.2 Å². The highest BCUT2D eigenvalue weighted by molar-refractivity contribution is 14.1. The van der Waals surface area contributed by atoms with Crippen LogP contribution in [0.25, 0.3) is 0 Å². The van der Waals surface area contributed by atoms with Crippen LogP contribution in [0.5, 0.6) is 0 Å². The third-order valence-corrected chi connectivity index (χ3v) is 2.79. The van der Waals surface area contributed by atoms with Crippen LogP contribution in [0.4, 0.5) is 4.39 Å². The van der Waals surface area contributed by atoms with E-state index in [-0.39, 0.29) is 5.56 Å². The van der Waals surface area contributed by atoms with Gasteiger partial charge in [0.2, 0.25) is 0 Å². The number of hydrogen-bond donors (Lipinski definition) is 3.